The standard InChI is InChI=1S/C15H24N4O2/c1-5-12-13(20)19(15(3,6-2)14(21)17-12)8-7-11-9-16-18(4)10-11/h9-10,12H,5-8H2,1-4H3,(H,17,21). The molecule has 6 nitrogen and oxygen atoms in total. The first-order valence-electron chi connectivity index (χ1n) is 7.52. The van der Waals surface area contributed by atoms with Crippen LogP contribution in [0.4, 0.5) is 0 Å². The van der Waals surface area contributed by atoms with E-state index in [1.807, 2.05) is 34.0 Å². The predicted octanol–water partition coefficient (Wildman–Crippen LogP) is 0.868. The Morgan fingerprint density at radius 3 is 2.62 bits per heavy atom. The van der Waals surface area contributed by atoms with Gasteiger partial charge in [0.05, 0.1) is 6.20 Å². The van der Waals surface area contributed by atoms with Crippen LogP contribution in [-0.2, 0) is 23.1 Å². The molecule has 0 radical (unpaired) electrons. The maximum Gasteiger partial charge on any atom is 0.246 e. The van der Waals surface area contributed by atoms with E-state index in [9.17, 15) is 9.59 Å². The van der Waals surface area contributed by atoms with Gasteiger partial charge in [-0.2, -0.15) is 5.10 Å². The fourth-order valence-corrected chi connectivity index (χ4v) is 2.76. The lowest BCUT2D eigenvalue weighted by Gasteiger charge is -2.45. The van der Waals surface area contributed by atoms with Crippen molar-refractivity contribution < 1.29 is 9.59 Å². The van der Waals surface area contributed by atoms with Crippen molar-refractivity contribution in [2.75, 3.05) is 6.54 Å². The first-order valence-corrected chi connectivity index (χ1v) is 7.52. The molecule has 0 spiro atoms. The molecule has 0 aliphatic carbocycles. The number of hydrogen-bond donors (Lipinski definition) is 1. The van der Waals surface area contributed by atoms with Gasteiger partial charge in [-0.3, -0.25) is 14.3 Å². The fraction of sp³-hybridized carbons (Fsp3) is 0.667. The van der Waals surface area contributed by atoms with Gasteiger partial charge in [-0.15, -0.1) is 0 Å². The third-order valence-electron chi connectivity index (χ3n) is 4.43. The summed E-state index contributed by atoms with van der Waals surface area (Å²) >= 11 is 0. The second kappa shape index (κ2) is 5.87. The van der Waals surface area contributed by atoms with E-state index in [1.165, 1.54) is 0 Å². The van der Waals surface area contributed by atoms with Crippen molar-refractivity contribution in [2.24, 2.45) is 7.05 Å². The van der Waals surface area contributed by atoms with Crippen molar-refractivity contribution >= 4 is 11.8 Å². The first kappa shape index (κ1) is 15.5. The van der Waals surface area contributed by atoms with Crippen molar-refractivity contribution in [1.29, 1.82) is 0 Å². The topological polar surface area (TPSA) is 67.2 Å². The Bertz CT molecular complexity index is 540. The Balaban J connectivity index is 2.18. The lowest BCUT2D eigenvalue weighted by molar-refractivity contribution is -0.156. The van der Waals surface area contributed by atoms with Crippen LogP contribution in [0.2, 0.25) is 0 Å². The zero-order chi connectivity index (χ0) is 15.6. The monoisotopic (exact) mass is 292 g/mol. The van der Waals surface area contributed by atoms with Crippen molar-refractivity contribution in [1.82, 2.24) is 20.0 Å². The minimum atomic E-state index is -0.759. The second-order valence-electron chi connectivity index (χ2n) is 5.82. The second-order valence-corrected chi connectivity index (χ2v) is 5.82. The molecule has 1 N–H and O–H groups in total. The molecule has 1 saturated heterocycles. The van der Waals surface area contributed by atoms with Crippen LogP contribution in [0.1, 0.15) is 39.2 Å². The summed E-state index contributed by atoms with van der Waals surface area (Å²) in [5.74, 6) is -0.0343. The van der Waals surface area contributed by atoms with Crippen LogP contribution in [0.3, 0.4) is 0 Å². The van der Waals surface area contributed by atoms with Crippen LogP contribution < -0.4 is 5.32 Å². The average molecular weight is 292 g/mol. The number of aryl methyl sites for hydroxylation is 1. The van der Waals surface area contributed by atoms with E-state index in [0.29, 0.717) is 25.8 Å². The first-order chi connectivity index (χ1) is 9.92. The number of rotatable bonds is 5. The maximum atomic E-state index is 12.6. The van der Waals surface area contributed by atoms with E-state index in [2.05, 4.69) is 10.4 Å². The van der Waals surface area contributed by atoms with Gasteiger partial charge in [-0.05, 0) is 31.7 Å². The minimum Gasteiger partial charge on any atom is -0.342 e. The van der Waals surface area contributed by atoms with Gasteiger partial charge < -0.3 is 10.2 Å². The molecule has 1 fully saturated rings. The van der Waals surface area contributed by atoms with E-state index in [1.54, 1.807) is 15.8 Å². The average Bonchev–Trinajstić information content (AvgIpc) is 2.88. The zero-order valence-corrected chi connectivity index (χ0v) is 13.2. The molecule has 0 bridgehead atoms. The summed E-state index contributed by atoms with van der Waals surface area (Å²) in [5.41, 5.74) is 0.313. The van der Waals surface area contributed by atoms with Gasteiger partial charge in [0, 0.05) is 19.8 Å². The highest BCUT2D eigenvalue weighted by atomic mass is 16.2. The third-order valence-corrected chi connectivity index (χ3v) is 4.43. The van der Waals surface area contributed by atoms with Crippen LogP contribution in [-0.4, -0.2) is 44.6 Å². The number of hydrogen-bond acceptors (Lipinski definition) is 3. The molecule has 1 aromatic rings. The van der Waals surface area contributed by atoms with Crippen LogP contribution >= 0.6 is 0 Å². The number of piperazine rings is 1. The molecule has 2 heterocycles. The van der Waals surface area contributed by atoms with Gasteiger partial charge in [-0.25, -0.2) is 0 Å². The highest BCUT2D eigenvalue weighted by Gasteiger charge is 2.47. The summed E-state index contributed by atoms with van der Waals surface area (Å²) in [5, 5.41) is 6.98. The Morgan fingerprint density at radius 1 is 1.38 bits per heavy atom. The number of nitrogens with one attached hydrogen (secondary N) is 1. The molecular weight excluding hydrogens is 268 g/mol. The summed E-state index contributed by atoms with van der Waals surface area (Å²) in [7, 11) is 1.87. The van der Waals surface area contributed by atoms with Crippen LogP contribution in [0.15, 0.2) is 12.4 Å². The molecule has 0 aromatic carbocycles. The largest absolute Gasteiger partial charge is 0.342 e. The van der Waals surface area contributed by atoms with Crippen LogP contribution in [0.25, 0.3) is 0 Å². The Kier molecular flexibility index (Phi) is 4.34. The predicted molar refractivity (Wildman–Crippen MR) is 79.5 cm³/mol. The van der Waals surface area contributed by atoms with Gasteiger partial charge in [0.15, 0.2) is 0 Å². The molecule has 2 atom stereocenters. The molecule has 1 aliphatic heterocycles. The molecule has 2 amide bonds. The molecule has 21 heavy (non-hydrogen) atoms. The molecule has 0 saturated carbocycles. The number of aromatic nitrogens is 2. The van der Waals surface area contributed by atoms with Crippen molar-refractivity contribution in [3.05, 3.63) is 18.0 Å². The SMILES string of the molecule is CCC1NC(=O)C(C)(CC)N(CCc2cnn(C)c2)C1=O. The van der Waals surface area contributed by atoms with Crippen LogP contribution in [0.5, 0.6) is 0 Å². The van der Waals surface area contributed by atoms with E-state index in [-0.39, 0.29) is 11.8 Å². The molecule has 1 aromatic heterocycles. The van der Waals surface area contributed by atoms with Gasteiger partial charge in [0.25, 0.3) is 0 Å². The Morgan fingerprint density at radius 2 is 2.10 bits per heavy atom. The summed E-state index contributed by atoms with van der Waals surface area (Å²) < 4.78 is 1.74. The molecule has 6 heteroatoms. The number of amides is 2. The summed E-state index contributed by atoms with van der Waals surface area (Å²) in [6.45, 7) is 6.24. The third kappa shape index (κ3) is 2.80. The summed E-state index contributed by atoms with van der Waals surface area (Å²) in [6, 6.07) is -0.397. The minimum absolute atomic E-state index is 0.0188. The van der Waals surface area contributed by atoms with Gasteiger partial charge >= 0.3 is 0 Å². The smallest absolute Gasteiger partial charge is 0.246 e. The number of carbonyl (C=O) groups is 2. The molecule has 1 aliphatic rings. The highest BCUT2D eigenvalue weighted by molar-refractivity contribution is 5.99. The zero-order valence-electron chi connectivity index (χ0n) is 13.2. The fourth-order valence-electron chi connectivity index (χ4n) is 2.76. The quantitative estimate of drug-likeness (QED) is 0.875. The number of carbonyl (C=O) groups excluding carboxylic acids is 2. The summed E-state index contributed by atoms with van der Waals surface area (Å²) in [4.78, 5) is 26.7. The van der Waals surface area contributed by atoms with E-state index >= 15 is 0 Å². The lowest BCUT2D eigenvalue weighted by Crippen LogP contribution is -2.69. The highest BCUT2D eigenvalue weighted by Crippen LogP contribution is 2.26. The summed E-state index contributed by atoms with van der Waals surface area (Å²) in [6.07, 6.45) is 5.67. The number of nitrogens with zero attached hydrogens (tertiary/aromatic N) is 3. The maximum absolute atomic E-state index is 12.6. The van der Waals surface area contributed by atoms with Gasteiger partial charge in [0.2, 0.25) is 11.8 Å². The van der Waals surface area contributed by atoms with E-state index < -0.39 is 11.6 Å². The van der Waals surface area contributed by atoms with Gasteiger partial charge in [0.1, 0.15) is 11.6 Å². The van der Waals surface area contributed by atoms with Crippen molar-refractivity contribution in [3.8, 4) is 0 Å². The Labute approximate surface area is 125 Å². The van der Waals surface area contributed by atoms with E-state index in [0.717, 1.165) is 5.56 Å². The molecule has 116 valence electrons. The van der Waals surface area contributed by atoms with Gasteiger partial charge in [-0.1, -0.05) is 13.8 Å². The molecule has 2 rings (SSSR count). The lowest BCUT2D eigenvalue weighted by atomic mass is 9.89. The Hall–Kier alpha value is -1.85. The normalized spacial score (nSPS) is 26.1. The van der Waals surface area contributed by atoms with Crippen molar-refractivity contribution in [2.45, 2.75) is 51.6 Å². The van der Waals surface area contributed by atoms with Crippen LogP contribution in [0, 0.1) is 0 Å². The van der Waals surface area contributed by atoms with Crippen molar-refractivity contribution in [3.63, 3.8) is 0 Å². The molecular formula is C15H24N4O2. The van der Waals surface area contributed by atoms with E-state index in [4.69, 9.17) is 0 Å². The molecule has 2 unspecified atom stereocenters.